The highest BCUT2D eigenvalue weighted by molar-refractivity contribution is 5.61. The summed E-state index contributed by atoms with van der Waals surface area (Å²) in [5.74, 6) is 0.944. The molecule has 0 heterocycles. The second kappa shape index (κ2) is 8.74. The van der Waals surface area contributed by atoms with Crippen molar-refractivity contribution < 1.29 is 4.74 Å². The number of nitrogens with zero attached hydrogens (tertiary/aromatic N) is 1. The molecule has 0 fully saturated rings. The summed E-state index contributed by atoms with van der Waals surface area (Å²) < 4.78 is 5.67. The minimum absolute atomic E-state index is 0.234. The second-order valence-corrected chi connectivity index (χ2v) is 6.38. The fourth-order valence-corrected chi connectivity index (χ4v) is 3.13. The molecule has 2 aromatic rings. The molecule has 0 aromatic heterocycles. The summed E-state index contributed by atoms with van der Waals surface area (Å²) in [4.78, 5) is 2.45. The lowest BCUT2D eigenvalue weighted by molar-refractivity contribution is 0.402. The topological polar surface area (TPSA) is 24.5 Å². The third kappa shape index (κ3) is 4.30. The van der Waals surface area contributed by atoms with Crippen molar-refractivity contribution in [1.82, 2.24) is 5.32 Å². The fraction of sp³-hybridized carbons (Fsp3) is 0.429. The standard InChI is InChI=1S/C21H30N2O/c1-6-22-17(4)21-19(13-10-14-20(21)24-5)23(16(2)3)15-18-11-8-7-9-12-18/h7-14,16-17,22H,6,15H2,1-5H3. The van der Waals surface area contributed by atoms with Gasteiger partial charge in [-0.05, 0) is 45.0 Å². The normalized spacial score (nSPS) is 12.2. The fourth-order valence-electron chi connectivity index (χ4n) is 3.13. The third-order valence-corrected chi connectivity index (χ3v) is 4.33. The Kier molecular flexibility index (Phi) is 6.68. The lowest BCUT2D eigenvalue weighted by atomic mass is 10.0. The van der Waals surface area contributed by atoms with Crippen LogP contribution in [0.1, 0.15) is 44.9 Å². The average molecular weight is 326 g/mol. The van der Waals surface area contributed by atoms with Crippen LogP contribution in [0.3, 0.4) is 0 Å². The first-order valence-electron chi connectivity index (χ1n) is 8.79. The lowest BCUT2D eigenvalue weighted by Crippen LogP contribution is -2.32. The van der Waals surface area contributed by atoms with E-state index in [0.717, 1.165) is 18.8 Å². The molecule has 0 saturated carbocycles. The Hall–Kier alpha value is -2.00. The Morgan fingerprint density at radius 1 is 1.00 bits per heavy atom. The van der Waals surface area contributed by atoms with Gasteiger partial charge in [0.05, 0.1) is 7.11 Å². The molecule has 1 unspecified atom stereocenters. The minimum atomic E-state index is 0.234. The first-order valence-corrected chi connectivity index (χ1v) is 8.79. The van der Waals surface area contributed by atoms with Gasteiger partial charge >= 0.3 is 0 Å². The Morgan fingerprint density at radius 3 is 2.29 bits per heavy atom. The van der Waals surface area contributed by atoms with Crippen molar-refractivity contribution in [3.05, 3.63) is 59.7 Å². The first kappa shape index (κ1) is 18.3. The van der Waals surface area contributed by atoms with Gasteiger partial charge in [0, 0.05) is 29.9 Å². The largest absolute Gasteiger partial charge is 0.496 e. The summed E-state index contributed by atoms with van der Waals surface area (Å²) in [6, 6.07) is 17.6. The molecule has 2 rings (SSSR count). The Labute approximate surface area is 146 Å². The van der Waals surface area contributed by atoms with Gasteiger partial charge in [0.25, 0.3) is 0 Å². The van der Waals surface area contributed by atoms with Gasteiger partial charge in [-0.25, -0.2) is 0 Å². The van der Waals surface area contributed by atoms with E-state index >= 15 is 0 Å². The highest BCUT2D eigenvalue weighted by Crippen LogP contribution is 2.36. The zero-order valence-electron chi connectivity index (χ0n) is 15.5. The summed E-state index contributed by atoms with van der Waals surface area (Å²) in [6.45, 7) is 10.6. The van der Waals surface area contributed by atoms with Gasteiger partial charge < -0.3 is 15.0 Å². The van der Waals surface area contributed by atoms with Crippen molar-refractivity contribution in [2.24, 2.45) is 0 Å². The van der Waals surface area contributed by atoms with Crippen molar-refractivity contribution in [2.45, 2.75) is 46.3 Å². The Bertz CT molecular complexity index is 625. The van der Waals surface area contributed by atoms with E-state index in [1.807, 2.05) is 6.07 Å². The first-order chi connectivity index (χ1) is 11.6. The van der Waals surface area contributed by atoms with Crippen LogP contribution in [-0.2, 0) is 6.54 Å². The van der Waals surface area contributed by atoms with E-state index in [0.29, 0.717) is 6.04 Å². The predicted octanol–water partition coefficient (Wildman–Crippen LogP) is 4.78. The van der Waals surface area contributed by atoms with Crippen LogP contribution in [0.25, 0.3) is 0 Å². The van der Waals surface area contributed by atoms with Gasteiger partial charge in [-0.1, -0.05) is 43.3 Å². The Balaban J connectivity index is 2.45. The Morgan fingerprint density at radius 2 is 1.71 bits per heavy atom. The van der Waals surface area contributed by atoms with Crippen LogP contribution in [0.4, 0.5) is 5.69 Å². The molecule has 3 nitrogen and oxygen atoms in total. The number of nitrogens with one attached hydrogen (secondary N) is 1. The molecule has 0 bridgehead atoms. The molecule has 0 spiro atoms. The smallest absolute Gasteiger partial charge is 0.125 e. The molecule has 0 radical (unpaired) electrons. The van der Waals surface area contributed by atoms with Crippen molar-refractivity contribution in [1.29, 1.82) is 0 Å². The van der Waals surface area contributed by atoms with Crippen molar-refractivity contribution in [2.75, 3.05) is 18.6 Å². The molecule has 3 heteroatoms. The molecule has 0 aliphatic carbocycles. The summed E-state index contributed by atoms with van der Waals surface area (Å²) in [5, 5.41) is 3.53. The van der Waals surface area contributed by atoms with Crippen LogP contribution in [-0.4, -0.2) is 19.7 Å². The van der Waals surface area contributed by atoms with E-state index in [2.05, 4.69) is 80.4 Å². The molecule has 1 atom stereocenters. The summed E-state index contributed by atoms with van der Waals surface area (Å²) in [5.41, 5.74) is 3.78. The number of hydrogen-bond donors (Lipinski definition) is 1. The van der Waals surface area contributed by atoms with Crippen LogP contribution >= 0.6 is 0 Å². The molecule has 130 valence electrons. The monoisotopic (exact) mass is 326 g/mol. The van der Waals surface area contributed by atoms with E-state index in [4.69, 9.17) is 4.74 Å². The maximum atomic E-state index is 5.67. The van der Waals surface area contributed by atoms with Gasteiger partial charge in [0.1, 0.15) is 5.75 Å². The molecule has 0 aliphatic heterocycles. The van der Waals surface area contributed by atoms with Gasteiger partial charge in [-0.3, -0.25) is 0 Å². The van der Waals surface area contributed by atoms with Crippen LogP contribution in [0.15, 0.2) is 48.5 Å². The van der Waals surface area contributed by atoms with E-state index in [-0.39, 0.29) is 6.04 Å². The second-order valence-electron chi connectivity index (χ2n) is 6.38. The number of benzene rings is 2. The number of anilines is 1. The zero-order chi connectivity index (χ0) is 17.5. The van der Waals surface area contributed by atoms with Crippen molar-refractivity contribution >= 4 is 5.69 Å². The van der Waals surface area contributed by atoms with E-state index in [9.17, 15) is 0 Å². The van der Waals surface area contributed by atoms with Crippen LogP contribution in [0.5, 0.6) is 5.75 Å². The molecule has 0 amide bonds. The van der Waals surface area contributed by atoms with E-state index in [1.54, 1.807) is 7.11 Å². The minimum Gasteiger partial charge on any atom is -0.496 e. The molecular formula is C21H30N2O. The average Bonchev–Trinajstić information content (AvgIpc) is 2.59. The molecule has 1 N–H and O–H groups in total. The molecule has 0 saturated heterocycles. The highest BCUT2D eigenvalue weighted by Gasteiger charge is 2.21. The lowest BCUT2D eigenvalue weighted by Gasteiger charge is -2.33. The number of methoxy groups -OCH3 is 1. The predicted molar refractivity (Wildman–Crippen MR) is 103 cm³/mol. The number of hydrogen-bond acceptors (Lipinski definition) is 3. The van der Waals surface area contributed by atoms with Crippen LogP contribution in [0, 0.1) is 0 Å². The summed E-state index contributed by atoms with van der Waals surface area (Å²) >= 11 is 0. The summed E-state index contributed by atoms with van der Waals surface area (Å²) in [7, 11) is 1.75. The SMILES string of the molecule is CCNC(C)c1c(OC)cccc1N(Cc1ccccc1)C(C)C. The molecule has 0 aliphatic rings. The molecule has 24 heavy (non-hydrogen) atoms. The van der Waals surface area contributed by atoms with Crippen LogP contribution in [0.2, 0.25) is 0 Å². The number of rotatable bonds is 8. The zero-order valence-corrected chi connectivity index (χ0v) is 15.5. The van der Waals surface area contributed by atoms with E-state index < -0.39 is 0 Å². The quantitative estimate of drug-likeness (QED) is 0.755. The van der Waals surface area contributed by atoms with Gasteiger partial charge in [0.2, 0.25) is 0 Å². The van der Waals surface area contributed by atoms with Crippen molar-refractivity contribution in [3.63, 3.8) is 0 Å². The van der Waals surface area contributed by atoms with E-state index in [1.165, 1.54) is 16.8 Å². The molecule has 2 aromatic carbocycles. The number of ether oxygens (including phenoxy) is 1. The van der Waals surface area contributed by atoms with Gasteiger partial charge in [-0.15, -0.1) is 0 Å². The van der Waals surface area contributed by atoms with Gasteiger partial charge in [0.15, 0.2) is 0 Å². The highest BCUT2D eigenvalue weighted by atomic mass is 16.5. The molecular weight excluding hydrogens is 296 g/mol. The summed E-state index contributed by atoms with van der Waals surface area (Å²) in [6.07, 6.45) is 0. The van der Waals surface area contributed by atoms with Crippen molar-refractivity contribution in [3.8, 4) is 5.75 Å². The van der Waals surface area contributed by atoms with Crippen LogP contribution < -0.4 is 15.0 Å². The maximum Gasteiger partial charge on any atom is 0.125 e. The maximum absolute atomic E-state index is 5.67. The third-order valence-electron chi connectivity index (χ3n) is 4.33. The van der Waals surface area contributed by atoms with Gasteiger partial charge in [-0.2, -0.15) is 0 Å².